The van der Waals surface area contributed by atoms with Crippen LogP contribution in [-0.4, -0.2) is 51.0 Å². The third-order valence-electron chi connectivity index (χ3n) is 5.48. The molecule has 0 amide bonds. The van der Waals surface area contributed by atoms with E-state index in [1.807, 2.05) is 19.1 Å². The van der Waals surface area contributed by atoms with Gasteiger partial charge in [0.25, 0.3) is 0 Å². The summed E-state index contributed by atoms with van der Waals surface area (Å²) in [6.07, 6.45) is 7.33. The molecule has 0 radical (unpaired) electrons. The Morgan fingerprint density at radius 2 is 1.90 bits per heavy atom. The molecule has 3 N–H and O–H groups in total. The average molecular weight is 477 g/mol. The lowest BCUT2D eigenvalue weighted by Gasteiger charge is -2.22. The lowest BCUT2D eigenvalue weighted by molar-refractivity contribution is -0.138. The van der Waals surface area contributed by atoms with Crippen molar-refractivity contribution in [3.63, 3.8) is 0 Å². The molecular weight excluding hydrogens is 440 g/mol. The van der Waals surface area contributed by atoms with Crippen molar-refractivity contribution >= 4 is 16.0 Å². The first-order valence-electron chi connectivity index (χ1n) is 11.0. The normalized spacial score (nSPS) is 15.8. The topological polar surface area (TPSA) is 105 Å². The van der Waals surface area contributed by atoms with Gasteiger partial charge in [0.05, 0.1) is 12.4 Å². The van der Waals surface area contributed by atoms with E-state index in [1.54, 1.807) is 12.1 Å². The number of hydrogen-bond donors (Lipinski definition) is 3. The summed E-state index contributed by atoms with van der Waals surface area (Å²) in [4.78, 5) is 11.5. The summed E-state index contributed by atoms with van der Waals surface area (Å²) < 4.78 is 32.1. The number of nitrogens with one attached hydrogen (secondary N) is 2. The Balaban J connectivity index is 0.00000480. The van der Waals surface area contributed by atoms with Crippen molar-refractivity contribution < 1.29 is 36.9 Å². The van der Waals surface area contributed by atoms with Crippen molar-refractivity contribution in [1.82, 2.24) is 10.0 Å². The lowest BCUT2D eigenvalue weighted by Crippen LogP contribution is -3.00. The highest BCUT2D eigenvalue weighted by atomic mass is 35.5. The summed E-state index contributed by atoms with van der Waals surface area (Å²) >= 11 is 0. The second kappa shape index (κ2) is 14.7. The fourth-order valence-electron chi connectivity index (χ4n) is 3.64. The summed E-state index contributed by atoms with van der Waals surface area (Å²) in [6, 6.07) is 6.04. The third kappa shape index (κ3) is 11.2. The number of carboxylic acids is 1. The van der Waals surface area contributed by atoms with Crippen LogP contribution in [0, 0.1) is 5.92 Å². The molecule has 178 valence electrons. The largest absolute Gasteiger partial charge is 1.00 e. The molecule has 1 atom stereocenters. The number of piperidine rings is 1. The number of rotatable bonds is 14. The first kappa shape index (κ1) is 27.7. The van der Waals surface area contributed by atoms with Crippen LogP contribution in [0.25, 0.3) is 0 Å². The quantitative estimate of drug-likeness (QED) is 0.328. The molecule has 1 unspecified atom stereocenters. The SMILES string of the molecule is CCCCS(=O)(=O)NC(Cc1ccc(OCCCCC2CCNCC2)cc1)C(=O)O.[Cl-].[H+]. The number of carboxylic acid groups (broad SMARTS) is 1. The second-order valence-corrected chi connectivity index (χ2v) is 9.94. The van der Waals surface area contributed by atoms with Gasteiger partial charge in [0.15, 0.2) is 0 Å². The summed E-state index contributed by atoms with van der Waals surface area (Å²) in [5.74, 6) is 0.352. The van der Waals surface area contributed by atoms with Gasteiger partial charge in [-0.15, -0.1) is 0 Å². The summed E-state index contributed by atoms with van der Waals surface area (Å²) in [7, 11) is -3.60. The molecular formula is C22H37ClN2O5S. The van der Waals surface area contributed by atoms with E-state index in [9.17, 15) is 18.3 Å². The molecule has 2 rings (SSSR count). The number of benzene rings is 1. The zero-order chi connectivity index (χ0) is 21.8. The van der Waals surface area contributed by atoms with Crippen LogP contribution in [-0.2, 0) is 21.2 Å². The Morgan fingerprint density at radius 3 is 2.52 bits per heavy atom. The van der Waals surface area contributed by atoms with E-state index >= 15 is 0 Å². The van der Waals surface area contributed by atoms with Gasteiger partial charge in [0.2, 0.25) is 10.0 Å². The van der Waals surface area contributed by atoms with Gasteiger partial charge >= 0.3 is 7.40 Å². The van der Waals surface area contributed by atoms with Crippen molar-refractivity contribution in [1.29, 1.82) is 0 Å². The van der Waals surface area contributed by atoms with Gasteiger partial charge in [0, 0.05) is 0 Å². The minimum Gasteiger partial charge on any atom is -1.00 e. The van der Waals surface area contributed by atoms with E-state index in [0.717, 1.165) is 43.2 Å². The number of carbonyl (C=O) groups is 1. The molecule has 1 heterocycles. The van der Waals surface area contributed by atoms with Crippen molar-refractivity contribution in [3.05, 3.63) is 29.8 Å². The molecule has 31 heavy (non-hydrogen) atoms. The van der Waals surface area contributed by atoms with Crippen LogP contribution in [0.3, 0.4) is 0 Å². The summed E-state index contributed by atoms with van der Waals surface area (Å²) in [5.41, 5.74) is 0.749. The van der Waals surface area contributed by atoms with E-state index in [0.29, 0.717) is 13.0 Å². The van der Waals surface area contributed by atoms with Crippen molar-refractivity contribution in [2.24, 2.45) is 5.92 Å². The van der Waals surface area contributed by atoms with Crippen LogP contribution in [0.2, 0.25) is 0 Å². The van der Waals surface area contributed by atoms with Gasteiger partial charge in [0.1, 0.15) is 11.8 Å². The van der Waals surface area contributed by atoms with Crippen molar-refractivity contribution in [2.75, 3.05) is 25.4 Å². The molecule has 1 aliphatic heterocycles. The molecule has 1 aromatic rings. The van der Waals surface area contributed by atoms with Crippen LogP contribution in [0.15, 0.2) is 24.3 Å². The average Bonchev–Trinajstić information content (AvgIpc) is 2.73. The molecule has 1 aliphatic rings. The third-order valence-corrected chi connectivity index (χ3v) is 6.95. The van der Waals surface area contributed by atoms with E-state index in [4.69, 9.17) is 4.74 Å². The predicted octanol–water partition coefficient (Wildman–Crippen LogP) is 0.0670. The smallest absolute Gasteiger partial charge is 1.00 e. The highest BCUT2D eigenvalue weighted by molar-refractivity contribution is 7.89. The number of hydrogen-bond acceptors (Lipinski definition) is 5. The molecule has 0 bridgehead atoms. The molecule has 7 nitrogen and oxygen atoms in total. The molecule has 0 aromatic heterocycles. The van der Waals surface area contributed by atoms with Gasteiger partial charge in [-0.3, -0.25) is 4.79 Å². The van der Waals surface area contributed by atoms with Crippen LogP contribution >= 0.6 is 0 Å². The van der Waals surface area contributed by atoms with Gasteiger partial charge in [-0.05, 0) is 75.2 Å². The molecule has 0 saturated carbocycles. The monoisotopic (exact) mass is 476 g/mol. The maximum atomic E-state index is 12.0. The van der Waals surface area contributed by atoms with Gasteiger partial charge in [-0.2, -0.15) is 0 Å². The molecule has 9 heteroatoms. The number of ether oxygens (including phenoxy) is 1. The fourth-order valence-corrected chi connectivity index (χ4v) is 5.05. The Kier molecular flexibility index (Phi) is 13.1. The summed E-state index contributed by atoms with van der Waals surface area (Å²) in [6.45, 7) is 4.83. The van der Waals surface area contributed by atoms with Crippen molar-refractivity contribution in [2.45, 2.75) is 64.3 Å². The first-order chi connectivity index (χ1) is 14.4. The first-order valence-corrected chi connectivity index (χ1v) is 12.7. The number of halogens is 1. The van der Waals surface area contributed by atoms with E-state index in [1.165, 1.54) is 25.7 Å². The number of unbranched alkanes of at least 4 members (excludes halogenated alkanes) is 2. The van der Waals surface area contributed by atoms with Gasteiger partial charge in [-0.25, -0.2) is 13.1 Å². The molecule has 0 spiro atoms. The van der Waals surface area contributed by atoms with E-state index < -0.39 is 22.0 Å². The zero-order valence-corrected chi connectivity index (χ0v) is 19.9. The fraction of sp³-hybridized carbons (Fsp3) is 0.682. The van der Waals surface area contributed by atoms with Crippen molar-refractivity contribution in [3.8, 4) is 5.75 Å². The summed E-state index contributed by atoms with van der Waals surface area (Å²) in [5, 5.41) is 12.8. The Labute approximate surface area is 194 Å². The molecule has 0 aliphatic carbocycles. The second-order valence-electron chi connectivity index (χ2n) is 8.07. The minimum absolute atomic E-state index is 0. The number of aliphatic carboxylic acids is 1. The highest BCUT2D eigenvalue weighted by Gasteiger charge is 2.24. The van der Waals surface area contributed by atoms with Crippen LogP contribution in [0.4, 0.5) is 0 Å². The van der Waals surface area contributed by atoms with Crippen LogP contribution in [0.5, 0.6) is 5.75 Å². The highest BCUT2D eigenvalue weighted by Crippen LogP contribution is 2.19. The standard InChI is InChI=1S/C22H36N2O5S.ClH/c1-2-3-16-30(27,28)24-21(22(25)26)17-19-7-9-20(10-8-19)29-15-5-4-6-18-11-13-23-14-12-18;/h7-10,18,21,23-24H,2-6,11-17H2,1H3,(H,25,26);1H. The molecule has 1 fully saturated rings. The van der Waals surface area contributed by atoms with Gasteiger partial charge < -0.3 is 27.6 Å². The van der Waals surface area contributed by atoms with Crippen LogP contribution in [0.1, 0.15) is 58.9 Å². The Morgan fingerprint density at radius 1 is 1.23 bits per heavy atom. The predicted molar refractivity (Wildman–Crippen MR) is 119 cm³/mol. The van der Waals surface area contributed by atoms with E-state index in [2.05, 4.69) is 10.0 Å². The Bertz CT molecular complexity index is 743. The maximum Gasteiger partial charge on any atom is 1.00 e. The van der Waals surface area contributed by atoms with E-state index in [-0.39, 0.29) is 26.0 Å². The minimum atomic E-state index is -3.60. The van der Waals surface area contributed by atoms with Gasteiger partial charge in [-0.1, -0.05) is 31.9 Å². The maximum absolute atomic E-state index is 12.0. The lowest BCUT2D eigenvalue weighted by atomic mass is 9.93. The molecule has 1 saturated heterocycles. The molecule has 1 aromatic carbocycles. The Hall–Kier alpha value is -1.35. The zero-order valence-electron chi connectivity index (χ0n) is 19.3. The number of sulfonamides is 1. The van der Waals surface area contributed by atoms with Crippen LogP contribution < -0.4 is 27.2 Å².